The molecule has 12 heavy (non-hydrogen) atoms. The Hall–Kier alpha value is -0.120. The first-order chi connectivity index (χ1) is 5.47. The minimum absolute atomic E-state index is 0.0392. The standard InChI is InChI=1S/C9H19NO2/c1-8(2)7-10-9(3,12-8)5-6-11-4/h10H,5-7H2,1-4H3. The van der Waals surface area contributed by atoms with Crippen molar-refractivity contribution >= 4 is 0 Å². The first-order valence-electron chi connectivity index (χ1n) is 4.42. The smallest absolute Gasteiger partial charge is 0.119 e. The van der Waals surface area contributed by atoms with E-state index in [1.807, 2.05) is 0 Å². The molecule has 1 heterocycles. The first-order valence-corrected chi connectivity index (χ1v) is 4.42. The summed E-state index contributed by atoms with van der Waals surface area (Å²) in [6.45, 7) is 7.91. The van der Waals surface area contributed by atoms with Gasteiger partial charge in [-0.1, -0.05) is 0 Å². The van der Waals surface area contributed by atoms with Crippen LogP contribution in [0.5, 0.6) is 0 Å². The minimum atomic E-state index is -0.195. The van der Waals surface area contributed by atoms with E-state index in [1.54, 1.807) is 7.11 Å². The van der Waals surface area contributed by atoms with E-state index in [0.29, 0.717) is 0 Å². The summed E-state index contributed by atoms with van der Waals surface area (Å²) in [5.74, 6) is 0. The number of rotatable bonds is 3. The van der Waals surface area contributed by atoms with Crippen LogP contribution in [-0.2, 0) is 9.47 Å². The summed E-state index contributed by atoms with van der Waals surface area (Å²) < 4.78 is 10.9. The van der Waals surface area contributed by atoms with Crippen LogP contribution in [0.15, 0.2) is 0 Å². The van der Waals surface area contributed by atoms with Gasteiger partial charge in [-0.3, -0.25) is 5.32 Å². The predicted octanol–water partition coefficient (Wildman–Crippen LogP) is 1.14. The van der Waals surface area contributed by atoms with Crippen molar-refractivity contribution in [3.8, 4) is 0 Å². The average Bonchev–Trinajstić information content (AvgIpc) is 2.23. The summed E-state index contributed by atoms with van der Waals surface area (Å²) in [4.78, 5) is 0. The molecule has 0 aromatic heterocycles. The molecule has 0 saturated carbocycles. The topological polar surface area (TPSA) is 30.5 Å². The zero-order chi connectivity index (χ0) is 9.24. The molecule has 1 N–H and O–H groups in total. The highest BCUT2D eigenvalue weighted by molar-refractivity contribution is 4.89. The fraction of sp³-hybridized carbons (Fsp3) is 1.00. The quantitative estimate of drug-likeness (QED) is 0.694. The molecule has 0 aromatic rings. The minimum Gasteiger partial charge on any atom is -0.385 e. The molecule has 72 valence electrons. The first kappa shape index (κ1) is 9.96. The fourth-order valence-corrected chi connectivity index (χ4v) is 1.52. The monoisotopic (exact) mass is 173 g/mol. The van der Waals surface area contributed by atoms with Crippen LogP contribution in [0.1, 0.15) is 27.2 Å². The van der Waals surface area contributed by atoms with Gasteiger partial charge in [0.15, 0.2) is 0 Å². The highest BCUT2D eigenvalue weighted by atomic mass is 16.6. The lowest BCUT2D eigenvalue weighted by Gasteiger charge is -2.26. The second-order valence-electron chi connectivity index (χ2n) is 4.19. The van der Waals surface area contributed by atoms with Crippen molar-refractivity contribution in [3.05, 3.63) is 0 Å². The zero-order valence-corrected chi connectivity index (χ0v) is 8.44. The number of hydrogen-bond acceptors (Lipinski definition) is 3. The molecule has 1 aliphatic rings. The molecule has 3 heteroatoms. The van der Waals surface area contributed by atoms with Gasteiger partial charge >= 0.3 is 0 Å². The van der Waals surface area contributed by atoms with Crippen LogP contribution in [0.2, 0.25) is 0 Å². The molecule has 0 aliphatic carbocycles. The maximum atomic E-state index is 5.85. The second-order valence-corrected chi connectivity index (χ2v) is 4.19. The molecule has 1 fully saturated rings. The summed E-state index contributed by atoms with van der Waals surface area (Å²) >= 11 is 0. The molecular formula is C9H19NO2. The van der Waals surface area contributed by atoms with Crippen LogP contribution in [0.4, 0.5) is 0 Å². The lowest BCUT2D eigenvalue weighted by molar-refractivity contribution is -0.0910. The van der Waals surface area contributed by atoms with Gasteiger partial charge in [0.1, 0.15) is 5.72 Å². The largest absolute Gasteiger partial charge is 0.385 e. The normalized spacial score (nSPS) is 34.0. The third-order valence-electron chi connectivity index (χ3n) is 2.17. The highest BCUT2D eigenvalue weighted by Gasteiger charge is 2.39. The fourth-order valence-electron chi connectivity index (χ4n) is 1.52. The van der Waals surface area contributed by atoms with E-state index in [0.717, 1.165) is 19.6 Å². The van der Waals surface area contributed by atoms with Crippen molar-refractivity contribution < 1.29 is 9.47 Å². The van der Waals surface area contributed by atoms with Crippen molar-refractivity contribution in [1.29, 1.82) is 0 Å². The van der Waals surface area contributed by atoms with Gasteiger partial charge in [-0.25, -0.2) is 0 Å². The lowest BCUT2D eigenvalue weighted by Crippen LogP contribution is -2.38. The summed E-state index contributed by atoms with van der Waals surface area (Å²) in [5, 5.41) is 3.36. The van der Waals surface area contributed by atoms with Gasteiger partial charge in [0.2, 0.25) is 0 Å². The third kappa shape index (κ3) is 2.44. The molecule has 0 amide bonds. The Bertz CT molecular complexity index is 159. The predicted molar refractivity (Wildman–Crippen MR) is 48.1 cm³/mol. The van der Waals surface area contributed by atoms with Crippen LogP contribution in [0, 0.1) is 0 Å². The second kappa shape index (κ2) is 3.32. The van der Waals surface area contributed by atoms with E-state index in [2.05, 4.69) is 26.1 Å². The lowest BCUT2D eigenvalue weighted by atomic mass is 10.1. The average molecular weight is 173 g/mol. The number of nitrogens with one attached hydrogen (secondary N) is 1. The van der Waals surface area contributed by atoms with Crippen molar-refractivity contribution in [3.63, 3.8) is 0 Å². The zero-order valence-electron chi connectivity index (χ0n) is 8.44. The van der Waals surface area contributed by atoms with Gasteiger partial charge in [-0.15, -0.1) is 0 Å². The van der Waals surface area contributed by atoms with Crippen LogP contribution in [0.25, 0.3) is 0 Å². The van der Waals surface area contributed by atoms with E-state index in [1.165, 1.54) is 0 Å². The Morgan fingerprint density at radius 2 is 2.08 bits per heavy atom. The molecule has 1 unspecified atom stereocenters. The molecule has 0 aromatic carbocycles. The Balaban J connectivity index is 2.41. The summed E-state index contributed by atoms with van der Waals surface area (Å²) in [7, 11) is 1.71. The molecule has 3 nitrogen and oxygen atoms in total. The SMILES string of the molecule is COCCC1(C)NCC(C)(C)O1. The van der Waals surface area contributed by atoms with Crippen molar-refractivity contribution in [2.75, 3.05) is 20.3 Å². The van der Waals surface area contributed by atoms with E-state index in [4.69, 9.17) is 9.47 Å². The summed E-state index contributed by atoms with van der Waals surface area (Å²) in [6.07, 6.45) is 0.896. The van der Waals surface area contributed by atoms with Crippen LogP contribution in [-0.4, -0.2) is 31.6 Å². The molecule has 1 aliphatic heterocycles. The van der Waals surface area contributed by atoms with Crippen molar-refractivity contribution in [2.45, 2.75) is 38.5 Å². The van der Waals surface area contributed by atoms with Gasteiger partial charge in [-0.05, 0) is 20.8 Å². The summed E-state index contributed by atoms with van der Waals surface area (Å²) in [5.41, 5.74) is -0.234. The Labute approximate surface area is 74.4 Å². The Morgan fingerprint density at radius 3 is 2.50 bits per heavy atom. The summed E-state index contributed by atoms with van der Waals surface area (Å²) in [6, 6.07) is 0. The third-order valence-corrected chi connectivity index (χ3v) is 2.17. The van der Waals surface area contributed by atoms with E-state index >= 15 is 0 Å². The maximum Gasteiger partial charge on any atom is 0.119 e. The number of methoxy groups -OCH3 is 1. The highest BCUT2D eigenvalue weighted by Crippen LogP contribution is 2.27. The van der Waals surface area contributed by atoms with Crippen LogP contribution in [0.3, 0.4) is 0 Å². The molecule has 0 bridgehead atoms. The molecule has 0 radical (unpaired) electrons. The van der Waals surface area contributed by atoms with Crippen LogP contribution < -0.4 is 5.32 Å². The Morgan fingerprint density at radius 1 is 1.42 bits per heavy atom. The van der Waals surface area contributed by atoms with Gasteiger partial charge in [-0.2, -0.15) is 0 Å². The van der Waals surface area contributed by atoms with Crippen LogP contribution >= 0.6 is 0 Å². The molecule has 1 rings (SSSR count). The molecular weight excluding hydrogens is 154 g/mol. The van der Waals surface area contributed by atoms with Gasteiger partial charge in [0.05, 0.1) is 12.2 Å². The Kier molecular flexibility index (Phi) is 2.76. The van der Waals surface area contributed by atoms with E-state index in [9.17, 15) is 0 Å². The number of hydrogen-bond donors (Lipinski definition) is 1. The van der Waals surface area contributed by atoms with Gasteiger partial charge in [0.25, 0.3) is 0 Å². The van der Waals surface area contributed by atoms with Gasteiger partial charge < -0.3 is 9.47 Å². The maximum absolute atomic E-state index is 5.85. The van der Waals surface area contributed by atoms with E-state index < -0.39 is 0 Å². The van der Waals surface area contributed by atoms with Crippen molar-refractivity contribution in [2.24, 2.45) is 0 Å². The molecule has 1 saturated heterocycles. The molecule has 1 atom stereocenters. The van der Waals surface area contributed by atoms with Gasteiger partial charge in [0, 0.05) is 20.1 Å². The molecule has 0 spiro atoms. The van der Waals surface area contributed by atoms with E-state index in [-0.39, 0.29) is 11.3 Å². The van der Waals surface area contributed by atoms with Crippen molar-refractivity contribution in [1.82, 2.24) is 5.32 Å². The number of ether oxygens (including phenoxy) is 2.